The molecular formula is C24H27N3O4S. The Morgan fingerprint density at radius 3 is 2.09 bits per heavy atom. The second kappa shape index (κ2) is 9.56. The van der Waals surface area contributed by atoms with Gasteiger partial charge in [0.05, 0.1) is 10.9 Å². The first-order valence-corrected chi connectivity index (χ1v) is 11.2. The molecule has 0 saturated carbocycles. The smallest absolute Gasteiger partial charge is 0.247 e. The molecule has 3 rings (SSSR count). The predicted octanol–water partition coefficient (Wildman–Crippen LogP) is 4.44. The van der Waals surface area contributed by atoms with Crippen LogP contribution in [0.15, 0.2) is 53.4 Å². The predicted molar refractivity (Wildman–Crippen MR) is 127 cm³/mol. The third kappa shape index (κ3) is 6.20. The highest BCUT2D eigenvalue weighted by Gasteiger charge is 2.40. The SMILES string of the molecule is CC(=O)Nc1ccc(N2C(=O)CC(Sc3ccc(NC(=O)CC(C)(C)C)cc3)C2=O)cc1. The molecule has 7 nitrogen and oxygen atoms in total. The molecular weight excluding hydrogens is 426 g/mol. The molecule has 1 fully saturated rings. The van der Waals surface area contributed by atoms with Gasteiger partial charge >= 0.3 is 0 Å². The summed E-state index contributed by atoms with van der Waals surface area (Å²) in [6.07, 6.45) is 0.533. The Labute approximate surface area is 191 Å². The van der Waals surface area contributed by atoms with Crippen molar-refractivity contribution in [2.45, 2.75) is 50.7 Å². The molecule has 4 amide bonds. The molecule has 0 radical (unpaired) electrons. The summed E-state index contributed by atoms with van der Waals surface area (Å²) in [5, 5.41) is 5.02. The minimum atomic E-state index is -0.515. The number of amides is 4. The lowest BCUT2D eigenvalue weighted by Crippen LogP contribution is -2.31. The van der Waals surface area contributed by atoms with Gasteiger partial charge in [-0.1, -0.05) is 20.8 Å². The summed E-state index contributed by atoms with van der Waals surface area (Å²) in [4.78, 5) is 50.7. The maximum absolute atomic E-state index is 12.9. The monoisotopic (exact) mass is 453 g/mol. The first kappa shape index (κ1) is 23.5. The van der Waals surface area contributed by atoms with Crippen molar-refractivity contribution in [1.82, 2.24) is 0 Å². The number of hydrogen-bond acceptors (Lipinski definition) is 5. The molecule has 0 aliphatic carbocycles. The number of anilines is 3. The van der Waals surface area contributed by atoms with Crippen molar-refractivity contribution in [2.24, 2.45) is 5.41 Å². The molecule has 2 aromatic rings. The van der Waals surface area contributed by atoms with Crippen molar-refractivity contribution in [3.63, 3.8) is 0 Å². The topological polar surface area (TPSA) is 95.6 Å². The van der Waals surface area contributed by atoms with Crippen LogP contribution in [0.4, 0.5) is 17.1 Å². The number of hydrogen-bond donors (Lipinski definition) is 2. The van der Waals surface area contributed by atoms with Crippen LogP contribution in [-0.2, 0) is 19.2 Å². The second-order valence-corrected chi connectivity index (χ2v) is 10.2. The van der Waals surface area contributed by atoms with E-state index in [0.29, 0.717) is 23.5 Å². The van der Waals surface area contributed by atoms with Gasteiger partial charge in [-0.2, -0.15) is 0 Å². The van der Waals surface area contributed by atoms with E-state index < -0.39 is 5.25 Å². The normalized spacial score (nSPS) is 16.2. The summed E-state index contributed by atoms with van der Waals surface area (Å²) in [7, 11) is 0. The zero-order valence-electron chi connectivity index (χ0n) is 18.6. The van der Waals surface area contributed by atoms with Crippen LogP contribution >= 0.6 is 11.8 Å². The highest BCUT2D eigenvalue weighted by atomic mass is 32.2. The molecule has 8 heteroatoms. The molecule has 1 aliphatic rings. The van der Waals surface area contributed by atoms with Gasteiger partial charge in [0.25, 0.3) is 0 Å². The molecule has 2 aromatic carbocycles. The lowest BCUT2D eigenvalue weighted by molar-refractivity contribution is -0.121. The minimum Gasteiger partial charge on any atom is -0.326 e. The number of rotatable bonds is 6. The summed E-state index contributed by atoms with van der Waals surface area (Å²) in [6.45, 7) is 7.43. The lowest BCUT2D eigenvalue weighted by atomic mass is 9.92. The van der Waals surface area contributed by atoms with Gasteiger partial charge in [0.15, 0.2) is 0 Å². The minimum absolute atomic E-state index is 0.0466. The molecule has 0 aromatic heterocycles. The van der Waals surface area contributed by atoms with Crippen LogP contribution in [0.3, 0.4) is 0 Å². The van der Waals surface area contributed by atoms with E-state index in [1.54, 1.807) is 36.4 Å². The fourth-order valence-electron chi connectivity index (χ4n) is 3.33. The Kier molecular flexibility index (Phi) is 7.03. The van der Waals surface area contributed by atoms with Crippen molar-refractivity contribution in [3.05, 3.63) is 48.5 Å². The molecule has 1 heterocycles. The summed E-state index contributed by atoms with van der Waals surface area (Å²) < 4.78 is 0. The van der Waals surface area contributed by atoms with Crippen molar-refractivity contribution in [3.8, 4) is 0 Å². The Morgan fingerprint density at radius 1 is 0.969 bits per heavy atom. The first-order valence-electron chi connectivity index (χ1n) is 10.3. The lowest BCUT2D eigenvalue weighted by Gasteiger charge is -2.17. The third-order valence-corrected chi connectivity index (χ3v) is 5.86. The van der Waals surface area contributed by atoms with Crippen LogP contribution in [0.1, 0.15) is 40.5 Å². The van der Waals surface area contributed by atoms with Crippen LogP contribution in [0.2, 0.25) is 0 Å². The standard InChI is InChI=1S/C24H27N3O4S/c1-15(28)25-16-5-9-18(10-6-16)27-22(30)13-20(23(27)31)32-19-11-7-17(8-12-19)26-21(29)14-24(2,3)4/h5-12,20H,13-14H2,1-4H3,(H,25,28)(H,26,29). The second-order valence-electron chi connectivity index (χ2n) is 8.92. The van der Waals surface area contributed by atoms with Gasteiger partial charge < -0.3 is 10.6 Å². The summed E-state index contributed by atoms with van der Waals surface area (Å²) >= 11 is 1.33. The van der Waals surface area contributed by atoms with Crippen LogP contribution < -0.4 is 15.5 Å². The fraction of sp³-hybridized carbons (Fsp3) is 0.333. The third-order valence-electron chi connectivity index (χ3n) is 4.66. The number of thioether (sulfide) groups is 1. The van der Waals surface area contributed by atoms with E-state index in [0.717, 1.165) is 4.90 Å². The number of carbonyl (C=O) groups is 4. The van der Waals surface area contributed by atoms with Gasteiger partial charge in [-0.15, -0.1) is 11.8 Å². The van der Waals surface area contributed by atoms with Gasteiger partial charge in [0, 0.05) is 36.0 Å². The van der Waals surface area contributed by atoms with Gasteiger partial charge in [-0.3, -0.25) is 19.2 Å². The van der Waals surface area contributed by atoms with Gasteiger partial charge in [-0.05, 0) is 53.9 Å². The van der Waals surface area contributed by atoms with E-state index in [-0.39, 0.29) is 35.5 Å². The Hall–Kier alpha value is -3.13. The summed E-state index contributed by atoms with van der Waals surface area (Å²) in [6, 6.07) is 13.9. The zero-order valence-corrected chi connectivity index (χ0v) is 19.4. The van der Waals surface area contributed by atoms with Crippen LogP contribution in [0, 0.1) is 5.41 Å². The van der Waals surface area contributed by atoms with E-state index in [2.05, 4.69) is 10.6 Å². The maximum atomic E-state index is 12.9. The van der Waals surface area contributed by atoms with Gasteiger partial charge in [0.1, 0.15) is 0 Å². The molecule has 168 valence electrons. The van der Waals surface area contributed by atoms with Crippen molar-refractivity contribution in [1.29, 1.82) is 0 Å². The molecule has 1 aliphatic heterocycles. The van der Waals surface area contributed by atoms with Gasteiger partial charge in [0.2, 0.25) is 23.6 Å². The van der Waals surface area contributed by atoms with Crippen LogP contribution in [-0.4, -0.2) is 28.9 Å². The number of imide groups is 1. The Balaban J connectivity index is 1.62. The van der Waals surface area contributed by atoms with Crippen LogP contribution in [0.25, 0.3) is 0 Å². The largest absolute Gasteiger partial charge is 0.326 e. The molecule has 2 N–H and O–H groups in total. The van der Waals surface area contributed by atoms with E-state index in [9.17, 15) is 19.2 Å². The van der Waals surface area contributed by atoms with Crippen molar-refractivity contribution >= 4 is 52.5 Å². The van der Waals surface area contributed by atoms with Crippen LogP contribution in [0.5, 0.6) is 0 Å². The highest BCUT2D eigenvalue weighted by Crippen LogP contribution is 2.34. The Bertz CT molecular complexity index is 1030. The van der Waals surface area contributed by atoms with Crippen molar-refractivity contribution in [2.75, 3.05) is 15.5 Å². The van der Waals surface area contributed by atoms with Gasteiger partial charge in [-0.25, -0.2) is 4.90 Å². The van der Waals surface area contributed by atoms with E-state index in [1.165, 1.54) is 23.6 Å². The van der Waals surface area contributed by atoms with Crippen molar-refractivity contribution < 1.29 is 19.2 Å². The molecule has 1 saturated heterocycles. The number of nitrogens with zero attached hydrogens (tertiary/aromatic N) is 1. The van der Waals surface area contributed by atoms with E-state index in [4.69, 9.17) is 0 Å². The number of carbonyl (C=O) groups excluding carboxylic acids is 4. The quantitative estimate of drug-likeness (QED) is 0.631. The number of nitrogens with one attached hydrogen (secondary N) is 2. The molecule has 1 unspecified atom stereocenters. The first-order chi connectivity index (χ1) is 15.0. The average molecular weight is 454 g/mol. The Morgan fingerprint density at radius 2 is 1.53 bits per heavy atom. The molecule has 32 heavy (non-hydrogen) atoms. The molecule has 0 spiro atoms. The van der Waals surface area contributed by atoms with E-state index in [1.807, 2.05) is 32.9 Å². The number of benzene rings is 2. The molecule has 0 bridgehead atoms. The summed E-state index contributed by atoms with van der Waals surface area (Å²) in [5.41, 5.74) is 1.68. The molecule has 1 atom stereocenters. The summed E-state index contributed by atoms with van der Waals surface area (Å²) in [5.74, 6) is -0.766. The average Bonchev–Trinajstić information content (AvgIpc) is 2.95. The zero-order chi connectivity index (χ0) is 23.5. The van der Waals surface area contributed by atoms with E-state index >= 15 is 0 Å². The fourth-order valence-corrected chi connectivity index (χ4v) is 4.39. The maximum Gasteiger partial charge on any atom is 0.247 e. The highest BCUT2D eigenvalue weighted by molar-refractivity contribution is 8.00.